The van der Waals surface area contributed by atoms with Gasteiger partial charge in [-0.25, -0.2) is 4.98 Å². The number of hydrogen-bond donors (Lipinski definition) is 2. The summed E-state index contributed by atoms with van der Waals surface area (Å²) in [6, 6.07) is 9.28. The molecule has 2 aliphatic rings. The SMILES string of the molecule is COC(=O)CNC(=O)CNc1nc2ccccc2n([C@@H](C)C[C@@H]2CCC(C)N2C2CCCCCCC2)c1=O. The van der Waals surface area contributed by atoms with E-state index in [4.69, 9.17) is 0 Å². The fourth-order valence-electron chi connectivity index (χ4n) is 6.40. The van der Waals surface area contributed by atoms with E-state index in [9.17, 15) is 14.4 Å². The minimum absolute atomic E-state index is 0.0320. The monoisotopic (exact) mass is 525 g/mol. The van der Waals surface area contributed by atoms with E-state index in [1.165, 1.54) is 58.5 Å². The normalized spacial score (nSPS) is 22.0. The third-order valence-electron chi connectivity index (χ3n) is 8.27. The summed E-state index contributed by atoms with van der Waals surface area (Å²) in [4.78, 5) is 44.5. The number of carbonyl (C=O) groups excluding carboxylic acids is 2. The van der Waals surface area contributed by atoms with Crippen LogP contribution in [0.5, 0.6) is 0 Å². The number of rotatable bonds is 9. The average molecular weight is 526 g/mol. The van der Waals surface area contributed by atoms with Crippen LogP contribution >= 0.6 is 0 Å². The highest BCUT2D eigenvalue weighted by atomic mass is 16.5. The van der Waals surface area contributed by atoms with Crippen LogP contribution in [0.1, 0.15) is 84.1 Å². The zero-order valence-electron chi connectivity index (χ0n) is 23.1. The smallest absolute Gasteiger partial charge is 0.325 e. The van der Waals surface area contributed by atoms with Gasteiger partial charge in [-0.05, 0) is 58.1 Å². The number of fused-ring (bicyclic) bond motifs is 1. The van der Waals surface area contributed by atoms with Crippen molar-refractivity contribution in [1.29, 1.82) is 0 Å². The Hall–Kier alpha value is -2.94. The van der Waals surface area contributed by atoms with E-state index in [-0.39, 0.29) is 30.5 Å². The summed E-state index contributed by atoms with van der Waals surface area (Å²) in [6.07, 6.45) is 12.5. The second-order valence-electron chi connectivity index (χ2n) is 10.9. The predicted molar refractivity (Wildman–Crippen MR) is 149 cm³/mol. The third-order valence-corrected chi connectivity index (χ3v) is 8.27. The number of para-hydroxylation sites is 2. The van der Waals surface area contributed by atoms with Gasteiger partial charge in [-0.15, -0.1) is 0 Å². The van der Waals surface area contributed by atoms with Crippen molar-refractivity contribution >= 4 is 28.7 Å². The molecule has 1 aromatic heterocycles. The number of esters is 1. The Morgan fingerprint density at radius 2 is 1.76 bits per heavy atom. The van der Waals surface area contributed by atoms with Gasteiger partial charge >= 0.3 is 5.97 Å². The van der Waals surface area contributed by atoms with Crippen LogP contribution < -0.4 is 16.2 Å². The molecule has 2 N–H and O–H groups in total. The summed E-state index contributed by atoms with van der Waals surface area (Å²) < 4.78 is 6.39. The lowest BCUT2D eigenvalue weighted by Crippen LogP contribution is -2.44. The number of likely N-dealkylation sites (tertiary alicyclic amines) is 1. The van der Waals surface area contributed by atoms with Crippen LogP contribution in [0.2, 0.25) is 0 Å². The first-order chi connectivity index (χ1) is 18.4. The Labute approximate surface area is 225 Å². The molecule has 1 unspecified atom stereocenters. The fourth-order valence-corrected chi connectivity index (χ4v) is 6.40. The molecule has 9 nitrogen and oxygen atoms in total. The van der Waals surface area contributed by atoms with Gasteiger partial charge in [0, 0.05) is 24.2 Å². The van der Waals surface area contributed by atoms with Gasteiger partial charge < -0.3 is 19.9 Å². The van der Waals surface area contributed by atoms with Gasteiger partial charge in [0.25, 0.3) is 5.56 Å². The largest absolute Gasteiger partial charge is 0.468 e. The lowest BCUT2D eigenvalue weighted by atomic mass is 9.94. The minimum atomic E-state index is -0.534. The maximum atomic E-state index is 13.7. The minimum Gasteiger partial charge on any atom is -0.468 e. The van der Waals surface area contributed by atoms with Crippen LogP contribution in [0, 0.1) is 0 Å². The number of nitrogens with zero attached hydrogens (tertiary/aromatic N) is 3. The second-order valence-corrected chi connectivity index (χ2v) is 10.9. The zero-order valence-corrected chi connectivity index (χ0v) is 23.1. The first kappa shape index (κ1) is 28.1. The molecule has 208 valence electrons. The van der Waals surface area contributed by atoms with Gasteiger partial charge in [0.15, 0.2) is 5.82 Å². The Morgan fingerprint density at radius 1 is 1.05 bits per heavy atom. The number of aromatic nitrogens is 2. The van der Waals surface area contributed by atoms with Crippen LogP contribution in [0.15, 0.2) is 29.1 Å². The highest BCUT2D eigenvalue weighted by Crippen LogP contribution is 2.35. The highest BCUT2D eigenvalue weighted by Gasteiger charge is 2.36. The van der Waals surface area contributed by atoms with Gasteiger partial charge in [0.2, 0.25) is 5.91 Å². The quantitative estimate of drug-likeness (QED) is 0.477. The molecule has 38 heavy (non-hydrogen) atoms. The van der Waals surface area contributed by atoms with E-state index in [1.807, 2.05) is 28.8 Å². The maximum Gasteiger partial charge on any atom is 0.325 e. The summed E-state index contributed by atoms with van der Waals surface area (Å²) in [6.45, 7) is 4.10. The van der Waals surface area contributed by atoms with Gasteiger partial charge in [-0.1, -0.05) is 44.2 Å². The van der Waals surface area contributed by atoms with Crippen LogP contribution in [0.25, 0.3) is 11.0 Å². The first-order valence-electron chi connectivity index (χ1n) is 14.2. The van der Waals surface area contributed by atoms with Gasteiger partial charge in [0.05, 0.1) is 24.7 Å². The molecule has 2 heterocycles. The Bertz CT molecular complexity index is 1160. The molecule has 1 saturated carbocycles. The Kier molecular flexibility index (Phi) is 9.77. The molecular weight excluding hydrogens is 482 g/mol. The number of ether oxygens (including phenoxy) is 1. The van der Waals surface area contributed by atoms with E-state index in [1.54, 1.807) is 0 Å². The van der Waals surface area contributed by atoms with Crippen molar-refractivity contribution in [3.8, 4) is 0 Å². The molecule has 1 amide bonds. The number of carbonyl (C=O) groups is 2. The number of amides is 1. The van der Waals surface area contributed by atoms with Crippen molar-refractivity contribution in [2.45, 2.75) is 102 Å². The van der Waals surface area contributed by atoms with Crippen LogP contribution in [0.4, 0.5) is 5.82 Å². The number of nitrogens with one attached hydrogen (secondary N) is 2. The van der Waals surface area contributed by atoms with Crippen LogP contribution in [-0.2, 0) is 14.3 Å². The lowest BCUT2D eigenvalue weighted by molar-refractivity contribution is -0.140. The number of anilines is 1. The van der Waals surface area contributed by atoms with Gasteiger partial charge in [0.1, 0.15) is 6.54 Å². The number of benzene rings is 1. The molecule has 4 rings (SSSR count). The topological polar surface area (TPSA) is 106 Å². The van der Waals surface area contributed by atoms with E-state index >= 15 is 0 Å². The molecule has 2 fully saturated rings. The molecule has 0 spiro atoms. The molecule has 2 aromatic rings. The Morgan fingerprint density at radius 3 is 2.50 bits per heavy atom. The van der Waals surface area contributed by atoms with E-state index in [0.29, 0.717) is 23.6 Å². The van der Waals surface area contributed by atoms with Crippen molar-refractivity contribution in [2.75, 3.05) is 25.5 Å². The first-order valence-corrected chi connectivity index (χ1v) is 14.2. The second kappa shape index (κ2) is 13.2. The summed E-state index contributed by atoms with van der Waals surface area (Å²) >= 11 is 0. The van der Waals surface area contributed by atoms with Crippen molar-refractivity contribution in [1.82, 2.24) is 19.8 Å². The summed E-state index contributed by atoms with van der Waals surface area (Å²) in [5, 5.41) is 5.37. The molecule has 3 atom stereocenters. The lowest BCUT2D eigenvalue weighted by Gasteiger charge is -2.38. The van der Waals surface area contributed by atoms with E-state index in [0.717, 1.165) is 18.4 Å². The van der Waals surface area contributed by atoms with Crippen molar-refractivity contribution in [3.05, 3.63) is 34.6 Å². The average Bonchev–Trinajstić information content (AvgIpc) is 3.25. The van der Waals surface area contributed by atoms with Gasteiger partial charge in [-0.3, -0.25) is 19.3 Å². The van der Waals surface area contributed by atoms with Gasteiger partial charge in [-0.2, -0.15) is 0 Å². The molecular formula is C29H43N5O4. The molecule has 1 aromatic carbocycles. The molecule has 1 saturated heterocycles. The molecule has 9 heteroatoms. The Balaban J connectivity index is 1.53. The zero-order chi connectivity index (χ0) is 27.1. The summed E-state index contributed by atoms with van der Waals surface area (Å²) in [7, 11) is 1.26. The van der Waals surface area contributed by atoms with Crippen molar-refractivity contribution in [2.24, 2.45) is 0 Å². The van der Waals surface area contributed by atoms with Crippen molar-refractivity contribution < 1.29 is 14.3 Å². The predicted octanol–water partition coefficient (Wildman–Crippen LogP) is 4.01. The van der Waals surface area contributed by atoms with Crippen LogP contribution in [-0.4, -0.2) is 64.7 Å². The number of methoxy groups -OCH3 is 1. The summed E-state index contributed by atoms with van der Waals surface area (Å²) in [5.41, 5.74) is 1.27. The summed E-state index contributed by atoms with van der Waals surface area (Å²) in [5.74, 6) is -0.812. The van der Waals surface area contributed by atoms with Crippen LogP contribution in [0.3, 0.4) is 0 Å². The fraction of sp³-hybridized carbons (Fsp3) is 0.655. The number of hydrogen-bond acceptors (Lipinski definition) is 7. The maximum absolute atomic E-state index is 13.7. The molecule has 1 aliphatic carbocycles. The van der Waals surface area contributed by atoms with E-state index < -0.39 is 11.9 Å². The highest BCUT2D eigenvalue weighted by molar-refractivity contribution is 5.85. The van der Waals surface area contributed by atoms with E-state index in [2.05, 4.69) is 39.1 Å². The molecule has 0 bridgehead atoms. The standard InChI is InChI=1S/C29H43N5O4/c1-20-15-16-23(33(20)22-11-7-5-4-6-8-12-22)17-21(2)34-25-14-10-9-13-24(25)32-28(29(34)37)31-18-26(35)30-19-27(36)38-3/h9-10,13-14,20-23H,4-8,11-12,15-19H2,1-3H3,(H,30,35)(H,31,32)/t20?,21-,23-/m0/s1. The third kappa shape index (κ3) is 6.73. The molecule has 1 aliphatic heterocycles. The van der Waals surface area contributed by atoms with Crippen molar-refractivity contribution in [3.63, 3.8) is 0 Å². The molecule has 0 radical (unpaired) electrons.